The molecule has 1 unspecified atom stereocenters. The highest BCUT2D eigenvalue weighted by molar-refractivity contribution is 8.04. The van der Waals surface area contributed by atoms with Crippen molar-refractivity contribution in [2.45, 2.75) is 25.0 Å². The third-order valence-electron chi connectivity index (χ3n) is 1.85. The van der Waals surface area contributed by atoms with E-state index in [0.29, 0.717) is 5.84 Å². The lowest BCUT2D eigenvalue weighted by atomic mass is 10.1. The van der Waals surface area contributed by atoms with Crippen LogP contribution in [0.1, 0.15) is 20.3 Å². The van der Waals surface area contributed by atoms with Crippen molar-refractivity contribution in [1.29, 1.82) is 0 Å². The van der Waals surface area contributed by atoms with E-state index in [-0.39, 0.29) is 4.75 Å². The molecule has 0 radical (unpaired) electrons. The lowest BCUT2D eigenvalue weighted by Gasteiger charge is -2.19. The quantitative estimate of drug-likeness (QED) is 0.410. The number of nitrogens with two attached hydrogens (primary N) is 2. The summed E-state index contributed by atoms with van der Waals surface area (Å²) in [5.74, 6) is 0.482. The van der Waals surface area contributed by atoms with E-state index in [1.54, 1.807) is 11.8 Å². The molecule has 0 aliphatic carbocycles. The van der Waals surface area contributed by atoms with Gasteiger partial charge >= 0.3 is 0 Å². The molecule has 0 heterocycles. The summed E-state index contributed by atoms with van der Waals surface area (Å²) in [6.07, 6.45) is 2.79. The van der Waals surface area contributed by atoms with E-state index >= 15 is 0 Å². The van der Waals surface area contributed by atoms with Gasteiger partial charge in [-0.3, -0.25) is 11.1 Å². The molecule has 0 saturated heterocycles. The van der Waals surface area contributed by atoms with Crippen LogP contribution in [-0.4, -0.2) is 17.6 Å². The van der Waals surface area contributed by atoms with Crippen molar-refractivity contribution < 1.29 is 5.41 Å². The van der Waals surface area contributed by atoms with Gasteiger partial charge in [-0.05, 0) is 18.8 Å². The third-order valence-corrected chi connectivity index (χ3v) is 3.16. The maximum absolute atomic E-state index is 5.58. The van der Waals surface area contributed by atoms with Crippen molar-refractivity contribution in [1.82, 2.24) is 5.32 Å². The largest absolute Gasteiger partial charge is 0.394 e. The van der Waals surface area contributed by atoms with Crippen LogP contribution in [0.5, 0.6) is 0 Å². The summed E-state index contributed by atoms with van der Waals surface area (Å²) in [5.41, 5.74) is 5.58. The van der Waals surface area contributed by atoms with Crippen molar-refractivity contribution in [3.05, 3.63) is 11.6 Å². The fourth-order valence-electron chi connectivity index (χ4n) is 0.608. The van der Waals surface area contributed by atoms with Crippen LogP contribution in [0, 0.1) is 0 Å². The monoisotopic (exact) mass is 188 g/mol. The number of hydrogen-bond acceptors (Lipinski definition) is 2. The van der Waals surface area contributed by atoms with E-state index in [1.165, 1.54) is 0 Å². The average molecular weight is 188 g/mol. The van der Waals surface area contributed by atoms with Crippen LogP contribution >= 0.6 is 11.8 Å². The van der Waals surface area contributed by atoms with E-state index in [1.807, 2.05) is 25.6 Å². The first-order valence-electron chi connectivity index (χ1n) is 3.95. The second kappa shape index (κ2) is 5.09. The van der Waals surface area contributed by atoms with Gasteiger partial charge in [0.15, 0.2) is 0 Å². The van der Waals surface area contributed by atoms with Gasteiger partial charge < -0.3 is 5.32 Å². The molecule has 0 aliphatic heterocycles. The molecule has 4 heteroatoms. The van der Waals surface area contributed by atoms with Gasteiger partial charge in [-0.1, -0.05) is 6.92 Å². The summed E-state index contributed by atoms with van der Waals surface area (Å²) in [6.45, 7) is 4.10. The van der Waals surface area contributed by atoms with Gasteiger partial charge in [-0.25, -0.2) is 0 Å². The maximum Gasteiger partial charge on any atom is 0.254 e. The zero-order valence-corrected chi connectivity index (χ0v) is 8.74. The van der Waals surface area contributed by atoms with Gasteiger partial charge in [0, 0.05) is 13.2 Å². The second-order valence-electron chi connectivity index (χ2n) is 2.75. The molecular formula is C8H18N3S+. The SMILES string of the molecule is CCC(C)(SC=CNC)C(N)=[NH2+]. The second-order valence-corrected chi connectivity index (χ2v) is 4.16. The lowest BCUT2D eigenvalue weighted by molar-refractivity contribution is -0.119. The Morgan fingerprint density at radius 2 is 2.33 bits per heavy atom. The minimum Gasteiger partial charge on any atom is -0.394 e. The van der Waals surface area contributed by atoms with E-state index < -0.39 is 0 Å². The molecule has 0 rings (SSSR count). The number of thioether (sulfide) groups is 1. The Morgan fingerprint density at radius 1 is 1.75 bits per heavy atom. The van der Waals surface area contributed by atoms with E-state index in [0.717, 1.165) is 6.42 Å². The number of nitrogens with one attached hydrogen (secondary N) is 1. The molecule has 0 aromatic rings. The van der Waals surface area contributed by atoms with Crippen LogP contribution in [-0.2, 0) is 0 Å². The smallest absolute Gasteiger partial charge is 0.254 e. The Bertz CT molecular complexity index is 179. The van der Waals surface area contributed by atoms with E-state index in [4.69, 9.17) is 11.1 Å². The Balaban J connectivity index is 4.15. The van der Waals surface area contributed by atoms with Gasteiger partial charge in [0.1, 0.15) is 4.75 Å². The molecule has 0 aromatic heterocycles. The molecule has 0 fully saturated rings. The van der Waals surface area contributed by atoms with Gasteiger partial charge in [-0.15, -0.1) is 11.8 Å². The Kier molecular flexibility index (Phi) is 4.81. The van der Waals surface area contributed by atoms with Crippen molar-refractivity contribution >= 4 is 17.6 Å². The highest BCUT2D eigenvalue weighted by atomic mass is 32.2. The minimum absolute atomic E-state index is 0.145. The molecule has 0 saturated carbocycles. The van der Waals surface area contributed by atoms with Crippen LogP contribution in [0.4, 0.5) is 0 Å². The molecule has 3 nitrogen and oxygen atoms in total. The lowest BCUT2D eigenvalue weighted by Crippen LogP contribution is -2.56. The first kappa shape index (κ1) is 11.4. The number of amidine groups is 1. The topological polar surface area (TPSA) is 63.6 Å². The van der Waals surface area contributed by atoms with E-state index in [2.05, 4.69) is 12.2 Å². The molecule has 0 amide bonds. The van der Waals surface area contributed by atoms with Crippen molar-refractivity contribution in [3.8, 4) is 0 Å². The molecule has 1 atom stereocenters. The summed E-state index contributed by atoms with van der Waals surface area (Å²) in [5, 5.41) is 10.5. The molecule has 0 aliphatic rings. The number of rotatable bonds is 5. The predicted octanol–water partition coefficient (Wildman–Crippen LogP) is -0.305. The zero-order chi connectivity index (χ0) is 9.61. The van der Waals surface area contributed by atoms with Crippen LogP contribution in [0.3, 0.4) is 0 Å². The van der Waals surface area contributed by atoms with Gasteiger partial charge in [0.05, 0.1) is 0 Å². The van der Waals surface area contributed by atoms with Gasteiger partial charge in [-0.2, -0.15) is 0 Å². The molecule has 70 valence electrons. The third kappa shape index (κ3) is 3.17. The molecular weight excluding hydrogens is 170 g/mol. The Morgan fingerprint density at radius 3 is 2.67 bits per heavy atom. The Hall–Kier alpha value is -0.640. The summed E-state index contributed by atoms with van der Waals surface area (Å²) in [6, 6.07) is 0. The van der Waals surface area contributed by atoms with Crippen molar-refractivity contribution in [3.63, 3.8) is 0 Å². The highest BCUT2D eigenvalue weighted by Crippen LogP contribution is 2.27. The summed E-state index contributed by atoms with van der Waals surface area (Å²) < 4.78 is -0.145. The van der Waals surface area contributed by atoms with Crippen molar-refractivity contribution in [2.75, 3.05) is 7.05 Å². The van der Waals surface area contributed by atoms with Crippen LogP contribution < -0.4 is 16.5 Å². The van der Waals surface area contributed by atoms with E-state index in [9.17, 15) is 0 Å². The predicted molar refractivity (Wildman–Crippen MR) is 55.6 cm³/mol. The summed E-state index contributed by atoms with van der Waals surface area (Å²) >= 11 is 1.63. The summed E-state index contributed by atoms with van der Waals surface area (Å²) in [4.78, 5) is 0. The molecule has 5 N–H and O–H groups in total. The maximum atomic E-state index is 5.58. The first-order valence-corrected chi connectivity index (χ1v) is 4.83. The Labute approximate surface area is 78.3 Å². The first-order chi connectivity index (χ1) is 5.56. The van der Waals surface area contributed by atoms with Crippen LogP contribution in [0.15, 0.2) is 11.6 Å². The summed E-state index contributed by atoms with van der Waals surface area (Å²) in [7, 11) is 1.86. The van der Waals surface area contributed by atoms with Gasteiger partial charge in [0.2, 0.25) is 0 Å². The zero-order valence-electron chi connectivity index (χ0n) is 7.92. The molecule has 0 spiro atoms. The highest BCUT2D eigenvalue weighted by Gasteiger charge is 2.29. The number of hydrogen-bond donors (Lipinski definition) is 3. The minimum atomic E-state index is -0.145. The van der Waals surface area contributed by atoms with Crippen LogP contribution in [0.25, 0.3) is 0 Å². The van der Waals surface area contributed by atoms with Gasteiger partial charge in [0.25, 0.3) is 5.84 Å². The standard InChI is InChI=1S/C8H17N3S/c1-4-8(2,7(9)10)12-6-5-11-3/h5-6,11H,4H2,1-3H3,(H3,9,10)/p+1. The average Bonchev–Trinajstić information content (AvgIpc) is 2.04. The van der Waals surface area contributed by atoms with Crippen molar-refractivity contribution in [2.24, 2.45) is 5.73 Å². The molecule has 12 heavy (non-hydrogen) atoms. The molecule has 0 bridgehead atoms. The van der Waals surface area contributed by atoms with Crippen LogP contribution in [0.2, 0.25) is 0 Å². The fourth-order valence-corrected chi connectivity index (χ4v) is 1.41. The normalized spacial score (nSPS) is 15.9. The fraction of sp³-hybridized carbons (Fsp3) is 0.625. The molecule has 0 aromatic carbocycles.